The van der Waals surface area contributed by atoms with Crippen LogP contribution in [0.1, 0.15) is 12.8 Å². The van der Waals surface area contributed by atoms with Gasteiger partial charge in [0.25, 0.3) is 0 Å². The summed E-state index contributed by atoms with van der Waals surface area (Å²) in [6, 6.07) is 8.66. The molecule has 6 nitrogen and oxygen atoms in total. The molecule has 1 aromatic rings. The van der Waals surface area contributed by atoms with Crippen molar-refractivity contribution in [1.82, 2.24) is 4.90 Å². The Balaban J connectivity index is 2.07. The smallest absolute Gasteiger partial charge is 0.248 e. The van der Waals surface area contributed by atoms with Crippen LogP contribution in [0.25, 0.3) is 0 Å². The Labute approximate surface area is 118 Å². The van der Waals surface area contributed by atoms with Crippen LogP contribution in [0.2, 0.25) is 0 Å². The van der Waals surface area contributed by atoms with Gasteiger partial charge in [0.2, 0.25) is 15.9 Å². The first-order valence-electron chi connectivity index (χ1n) is 6.48. The molecule has 1 amide bonds. The van der Waals surface area contributed by atoms with E-state index >= 15 is 0 Å². The number of nitrogens with zero attached hydrogens (tertiary/aromatic N) is 1. The second-order valence-corrected chi connectivity index (χ2v) is 6.74. The van der Waals surface area contributed by atoms with Gasteiger partial charge in [0.1, 0.15) is 6.61 Å². The number of amides is 1. The average molecular weight is 298 g/mol. The third kappa shape index (κ3) is 3.49. The van der Waals surface area contributed by atoms with E-state index in [4.69, 9.17) is 5.11 Å². The minimum Gasteiger partial charge on any atom is -0.387 e. The van der Waals surface area contributed by atoms with Gasteiger partial charge in [-0.3, -0.25) is 9.52 Å². The predicted octanol–water partition coefficient (Wildman–Crippen LogP) is 0.412. The Morgan fingerprint density at radius 2 is 2.05 bits per heavy atom. The summed E-state index contributed by atoms with van der Waals surface area (Å²) in [6.45, 7) is 0.0389. The summed E-state index contributed by atoms with van der Waals surface area (Å²) in [5.41, 5.74) is 0.512. The van der Waals surface area contributed by atoms with Gasteiger partial charge in [-0.25, -0.2) is 8.42 Å². The lowest BCUT2D eigenvalue weighted by Crippen LogP contribution is -2.47. The molecule has 0 aromatic heterocycles. The van der Waals surface area contributed by atoms with Gasteiger partial charge in [0.05, 0.1) is 5.25 Å². The third-order valence-corrected chi connectivity index (χ3v) is 5.12. The van der Waals surface area contributed by atoms with Gasteiger partial charge >= 0.3 is 0 Å². The number of aliphatic hydroxyl groups excluding tert-OH is 1. The van der Waals surface area contributed by atoms with Crippen LogP contribution in [0.3, 0.4) is 0 Å². The van der Waals surface area contributed by atoms with Gasteiger partial charge in [-0.15, -0.1) is 0 Å². The van der Waals surface area contributed by atoms with Crippen LogP contribution in [-0.4, -0.2) is 49.3 Å². The van der Waals surface area contributed by atoms with Crippen LogP contribution < -0.4 is 4.72 Å². The minimum absolute atomic E-state index is 0.127. The zero-order valence-corrected chi connectivity index (χ0v) is 11.8. The van der Waals surface area contributed by atoms with Crippen LogP contribution in [-0.2, 0) is 14.8 Å². The summed E-state index contributed by atoms with van der Waals surface area (Å²) in [7, 11) is -3.54. The number of aliphatic hydroxyl groups is 1. The molecule has 2 N–H and O–H groups in total. The number of carbonyl (C=O) groups is 1. The molecule has 0 spiro atoms. The molecule has 1 saturated heterocycles. The number of rotatable bonds is 4. The maximum Gasteiger partial charge on any atom is 0.248 e. The summed E-state index contributed by atoms with van der Waals surface area (Å²) in [5.74, 6) is -0.426. The molecule has 1 aromatic carbocycles. The second kappa shape index (κ2) is 6.23. The molecule has 20 heavy (non-hydrogen) atoms. The highest BCUT2D eigenvalue weighted by Gasteiger charge is 2.32. The fourth-order valence-electron chi connectivity index (χ4n) is 2.27. The molecule has 1 aliphatic rings. The molecule has 1 fully saturated rings. The summed E-state index contributed by atoms with van der Waals surface area (Å²) in [5, 5.41) is 8.21. The number of carbonyl (C=O) groups excluding carboxylic acids is 1. The largest absolute Gasteiger partial charge is 0.387 e. The number of hydrogen-bond acceptors (Lipinski definition) is 4. The minimum atomic E-state index is -3.54. The molecule has 2 rings (SSSR count). The Morgan fingerprint density at radius 3 is 2.70 bits per heavy atom. The molecule has 1 heterocycles. The zero-order valence-electron chi connectivity index (χ0n) is 11.0. The molecule has 0 saturated carbocycles. The summed E-state index contributed by atoms with van der Waals surface area (Å²) in [4.78, 5) is 12.9. The van der Waals surface area contributed by atoms with Crippen molar-refractivity contribution in [2.24, 2.45) is 0 Å². The van der Waals surface area contributed by atoms with Crippen molar-refractivity contribution in [3.8, 4) is 0 Å². The van der Waals surface area contributed by atoms with Crippen molar-refractivity contribution >= 4 is 21.6 Å². The van der Waals surface area contributed by atoms with Crippen LogP contribution in [0.5, 0.6) is 0 Å². The summed E-state index contributed by atoms with van der Waals surface area (Å²) >= 11 is 0. The standard InChI is InChI=1S/C13H18N2O4S/c16-10-13(17)15-8-4-7-12(9-15)20(18,19)14-11-5-2-1-3-6-11/h1-3,5-6,12,14,16H,4,7-10H2/t12-/m1/s1. The number of piperidine rings is 1. The lowest BCUT2D eigenvalue weighted by atomic mass is 10.1. The van der Waals surface area contributed by atoms with Crippen molar-refractivity contribution in [2.45, 2.75) is 18.1 Å². The quantitative estimate of drug-likeness (QED) is 0.843. The van der Waals surface area contributed by atoms with E-state index in [0.717, 1.165) is 0 Å². The molecular formula is C13H18N2O4S. The Kier molecular flexibility index (Phi) is 4.61. The lowest BCUT2D eigenvalue weighted by Gasteiger charge is -2.32. The first kappa shape index (κ1) is 14.8. The molecule has 1 atom stereocenters. The van der Waals surface area contributed by atoms with E-state index in [0.29, 0.717) is 25.1 Å². The Bertz CT molecular complexity index is 559. The van der Waals surface area contributed by atoms with E-state index in [1.807, 2.05) is 0 Å². The van der Waals surface area contributed by atoms with E-state index in [-0.39, 0.29) is 6.54 Å². The third-order valence-electron chi connectivity index (χ3n) is 3.34. The Morgan fingerprint density at radius 1 is 1.35 bits per heavy atom. The maximum atomic E-state index is 12.3. The van der Waals surface area contributed by atoms with E-state index in [2.05, 4.69) is 4.72 Å². The highest BCUT2D eigenvalue weighted by molar-refractivity contribution is 7.93. The van der Waals surface area contributed by atoms with Crippen LogP contribution >= 0.6 is 0 Å². The van der Waals surface area contributed by atoms with E-state index in [1.54, 1.807) is 30.3 Å². The summed E-state index contributed by atoms with van der Waals surface area (Å²) < 4.78 is 27.1. The van der Waals surface area contributed by atoms with Crippen LogP contribution in [0, 0.1) is 0 Å². The number of anilines is 1. The van der Waals surface area contributed by atoms with Crippen molar-refractivity contribution in [3.63, 3.8) is 0 Å². The van der Waals surface area contributed by atoms with Gasteiger partial charge < -0.3 is 10.0 Å². The molecule has 0 radical (unpaired) electrons. The number of sulfonamides is 1. The number of benzene rings is 1. The van der Waals surface area contributed by atoms with Crippen molar-refractivity contribution in [2.75, 3.05) is 24.4 Å². The number of para-hydroxylation sites is 1. The molecule has 0 unspecified atom stereocenters. The van der Waals surface area contributed by atoms with E-state index in [9.17, 15) is 13.2 Å². The van der Waals surface area contributed by atoms with E-state index in [1.165, 1.54) is 4.90 Å². The van der Waals surface area contributed by atoms with Crippen molar-refractivity contribution in [3.05, 3.63) is 30.3 Å². The molecular weight excluding hydrogens is 280 g/mol. The SMILES string of the molecule is O=C(CO)N1CCC[C@@H](S(=O)(=O)Nc2ccccc2)C1. The highest BCUT2D eigenvalue weighted by Crippen LogP contribution is 2.19. The highest BCUT2D eigenvalue weighted by atomic mass is 32.2. The van der Waals surface area contributed by atoms with E-state index < -0.39 is 27.8 Å². The topological polar surface area (TPSA) is 86.7 Å². The van der Waals surface area contributed by atoms with Crippen molar-refractivity contribution < 1.29 is 18.3 Å². The van der Waals surface area contributed by atoms with Crippen LogP contribution in [0.15, 0.2) is 30.3 Å². The fourth-order valence-corrected chi connectivity index (χ4v) is 3.76. The van der Waals surface area contributed by atoms with Gasteiger partial charge in [-0.2, -0.15) is 0 Å². The van der Waals surface area contributed by atoms with Crippen LogP contribution in [0.4, 0.5) is 5.69 Å². The number of hydrogen-bond donors (Lipinski definition) is 2. The molecule has 7 heteroatoms. The second-order valence-electron chi connectivity index (χ2n) is 4.78. The maximum absolute atomic E-state index is 12.3. The molecule has 0 aliphatic carbocycles. The summed E-state index contributed by atoms with van der Waals surface area (Å²) in [6.07, 6.45) is 1.13. The average Bonchev–Trinajstić information content (AvgIpc) is 2.47. The lowest BCUT2D eigenvalue weighted by molar-refractivity contribution is -0.134. The molecule has 110 valence electrons. The Hall–Kier alpha value is -1.60. The van der Waals surface area contributed by atoms with Gasteiger partial charge in [0.15, 0.2) is 0 Å². The zero-order chi connectivity index (χ0) is 14.6. The number of likely N-dealkylation sites (tertiary alicyclic amines) is 1. The molecule has 1 aliphatic heterocycles. The van der Waals surface area contributed by atoms with Gasteiger partial charge in [0, 0.05) is 18.8 Å². The first-order chi connectivity index (χ1) is 9.53. The van der Waals surface area contributed by atoms with Gasteiger partial charge in [-0.05, 0) is 25.0 Å². The monoisotopic (exact) mass is 298 g/mol. The van der Waals surface area contributed by atoms with Gasteiger partial charge in [-0.1, -0.05) is 18.2 Å². The normalized spacial score (nSPS) is 19.6. The van der Waals surface area contributed by atoms with Crippen molar-refractivity contribution in [1.29, 1.82) is 0 Å². The molecule has 0 bridgehead atoms. The predicted molar refractivity (Wildman–Crippen MR) is 75.7 cm³/mol. The first-order valence-corrected chi connectivity index (χ1v) is 8.03. The number of nitrogens with one attached hydrogen (secondary N) is 1. The fraction of sp³-hybridized carbons (Fsp3) is 0.462.